The molecule has 24 heavy (non-hydrogen) atoms. The number of hydrogen-bond donors (Lipinski definition) is 1. The van der Waals surface area contributed by atoms with Crippen molar-refractivity contribution in [2.24, 2.45) is 0 Å². The van der Waals surface area contributed by atoms with Gasteiger partial charge in [0, 0.05) is 44.6 Å². The molecule has 1 fully saturated rings. The molecule has 5 heteroatoms. The maximum atomic E-state index is 12.3. The highest BCUT2D eigenvalue weighted by Gasteiger charge is 2.20. The Bertz CT molecular complexity index is 666. The lowest BCUT2D eigenvalue weighted by atomic mass is 10.2. The van der Waals surface area contributed by atoms with E-state index in [4.69, 9.17) is 0 Å². The van der Waals surface area contributed by atoms with E-state index >= 15 is 0 Å². The van der Waals surface area contributed by atoms with Gasteiger partial charge < -0.3 is 15.1 Å². The molecule has 1 aromatic heterocycles. The zero-order valence-electron chi connectivity index (χ0n) is 14.1. The Balaban J connectivity index is 1.43. The van der Waals surface area contributed by atoms with Crippen molar-refractivity contribution in [3.8, 4) is 0 Å². The van der Waals surface area contributed by atoms with Crippen molar-refractivity contribution < 1.29 is 4.79 Å². The second kappa shape index (κ2) is 7.93. The Hall–Kier alpha value is -2.40. The van der Waals surface area contributed by atoms with E-state index in [-0.39, 0.29) is 5.91 Å². The summed E-state index contributed by atoms with van der Waals surface area (Å²) in [7, 11) is 0. The molecule has 1 aliphatic heterocycles. The highest BCUT2D eigenvalue weighted by atomic mass is 16.2. The molecule has 0 saturated carbocycles. The highest BCUT2D eigenvalue weighted by Crippen LogP contribution is 2.17. The molecule has 0 radical (unpaired) electrons. The van der Waals surface area contributed by atoms with E-state index in [9.17, 15) is 4.79 Å². The van der Waals surface area contributed by atoms with E-state index in [1.54, 1.807) is 6.20 Å². The third-order valence-electron chi connectivity index (χ3n) is 4.31. The van der Waals surface area contributed by atoms with E-state index in [1.807, 2.05) is 23.1 Å². The minimum atomic E-state index is 0.162. The average molecular weight is 324 g/mol. The van der Waals surface area contributed by atoms with Crippen LogP contribution < -0.4 is 10.2 Å². The molecule has 1 saturated heterocycles. The Morgan fingerprint density at radius 3 is 2.67 bits per heavy atom. The zero-order chi connectivity index (χ0) is 16.8. The van der Waals surface area contributed by atoms with Gasteiger partial charge in [0.2, 0.25) is 5.91 Å². The fourth-order valence-electron chi connectivity index (χ4n) is 2.95. The Labute approximate surface area is 143 Å². The normalized spacial score (nSPS) is 14.7. The number of pyridine rings is 1. The highest BCUT2D eigenvalue weighted by molar-refractivity contribution is 5.78. The summed E-state index contributed by atoms with van der Waals surface area (Å²) in [4.78, 5) is 20.8. The molecule has 0 unspecified atom stereocenters. The first-order chi connectivity index (χ1) is 11.7. The van der Waals surface area contributed by atoms with Gasteiger partial charge in [0.25, 0.3) is 0 Å². The first kappa shape index (κ1) is 16.5. The third kappa shape index (κ3) is 4.32. The summed E-state index contributed by atoms with van der Waals surface area (Å²) in [5, 5.41) is 3.18. The topological polar surface area (TPSA) is 48.5 Å². The smallest absolute Gasteiger partial charge is 0.236 e. The fourth-order valence-corrected chi connectivity index (χ4v) is 2.95. The minimum Gasteiger partial charge on any atom is -0.368 e. The lowest BCUT2D eigenvalue weighted by molar-refractivity contribution is -0.130. The molecule has 0 atom stereocenters. The van der Waals surface area contributed by atoms with Gasteiger partial charge in [-0.05, 0) is 36.8 Å². The monoisotopic (exact) mass is 324 g/mol. The van der Waals surface area contributed by atoms with Crippen molar-refractivity contribution in [1.82, 2.24) is 15.2 Å². The standard InChI is InChI=1S/C19H24N4O/c1-16-5-4-7-18(13-16)22-9-11-23(12-10-22)19(24)15-20-14-17-6-2-3-8-21-17/h2-8,13,20H,9-12,14-15H2,1H3. The van der Waals surface area contributed by atoms with E-state index in [0.717, 1.165) is 31.9 Å². The number of rotatable bonds is 5. The molecule has 2 aromatic rings. The maximum Gasteiger partial charge on any atom is 0.236 e. The summed E-state index contributed by atoms with van der Waals surface area (Å²) in [6.45, 7) is 6.41. The van der Waals surface area contributed by atoms with Crippen LogP contribution in [0.2, 0.25) is 0 Å². The zero-order valence-corrected chi connectivity index (χ0v) is 14.1. The molecule has 1 amide bonds. The van der Waals surface area contributed by atoms with Crippen LogP contribution in [0, 0.1) is 6.92 Å². The number of hydrogen-bond acceptors (Lipinski definition) is 4. The summed E-state index contributed by atoms with van der Waals surface area (Å²) in [6, 6.07) is 14.3. The Kier molecular flexibility index (Phi) is 5.43. The summed E-state index contributed by atoms with van der Waals surface area (Å²) < 4.78 is 0. The van der Waals surface area contributed by atoms with Crippen molar-refractivity contribution >= 4 is 11.6 Å². The predicted octanol–water partition coefficient (Wildman–Crippen LogP) is 1.83. The van der Waals surface area contributed by atoms with Gasteiger partial charge in [-0.1, -0.05) is 18.2 Å². The van der Waals surface area contributed by atoms with Crippen LogP contribution in [0.15, 0.2) is 48.7 Å². The lowest BCUT2D eigenvalue weighted by Gasteiger charge is -2.36. The van der Waals surface area contributed by atoms with E-state index in [0.29, 0.717) is 13.1 Å². The van der Waals surface area contributed by atoms with Crippen LogP contribution in [0.3, 0.4) is 0 Å². The molecule has 2 heterocycles. The molecule has 5 nitrogen and oxygen atoms in total. The fraction of sp³-hybridized carbons (Fsp3) is 0.368. The molecule has 1 N–H and O–H groups in total. The van der Waals surface area contributed by atoms with Gasteiger partial charge in [0.15, 0.2) is 0 Å². The van der Waals surface area contributed by atoms with Gasteiger partial charge in [-0.3, -0.25) is 9.78 Å². The first-order valence-corrected chi connectivity index (χ1v) is 8.42. The SMILES string of the molecule is Cc1cccc(N2CCN(C(=O)CNCc3ccccn3)CC2)c1. The van der Waals surface area contributed by atoms with Gasteiger partial charge in [-0.15, -0.1) is 0 Å². The van der Waals surface area contributed by atoms with Crippen LogP contribution in [0.25, 0.3) is 0 Å². The van der Waals surface area contributed by atoms with Gasteiger partial charge in [0.1, 0.15) is 0 Å². The Morgan fingerprint density at radius 2 is 1.96 bits per heavy atom. The quantitative estimate of drug-likeness (QED) is 0.911. The molecular weight excluding hydrogens is 300 g/mol. The van der Waals surface area contributed by atoms with Crippen molar-refractivity contribution in [2.75, 3.05) is 37.6 Å². The maximum absolute atomic E-state index is 12.3. The van der Waals surface area contributed by atoms with Crippen molar-refractivity contribution in [3.63, 3.8) is 0 Å². The van der Waals surface area contributed by atoms with E-state index in [2.05, 4.69) is 46.4 Å². The van der Waals surface area contributed by atoms with Crippen LogP contribution in [-0.2, 0) is 11.3 Å². The second-order valence-corrected chi connectivity index (χ2v) is 6.13. The summed E-state index contributed by atoms with van der Waals surface area (Å²) in [5.74, 6) is 0.162. The molecule has 0 spiro atoms. The lowest BCUT2D eigenvalue weighted by Crippen LogP contribution is -2.50. The predicted molar refractivity (Wildman–Crippen MR) is 95.9 cm³/mol. The van der Waals surface area contributed by atoms with Gasteiger partial charge >= 0.3 is 0 Å². The number of anilines is 1. The minimum absolute atomic E-state index is 0.162. The van der Waals surface area contributed by atoms with Crippen LogP contribution in [0.4, 0.5) is 5.69 Å². The van der Waals surface area contributed by atoms with Crippen LogP contribution in [0.5, 0.6) is 0 Å². The number of aryl methyl sites for hydroxylation is 1. The van der Waals surface area contributed by atoms with Gasteiger partial charge in [-0.25, -0.2) is 0 Å². The number of carbonyl (C=O) groups excluding carboxylic acids is 1. The molecule has 0 aliphatic carbocycles. The van der Waals surface area contributed by atoms with Gasteiger partial charge in [0.05, 0.1) is 12.2 Å². The number of aromatic nitrogens is 1. The number of carbonyl (C=O) groups is 1. The van der Waals surface area contributed by atoms with Crippen LogP contribution in [0.1, 0.15) is 11.3 Å². The average Bonchev–Trinajstić information content (AvgIpc) is 2.63. The molecule has 0 bridgehead atoms. The van der Waals surface area contributed by atoms with Gasteiger partial charge in [-0.2, -0.15) is 0 Å². The summed E-state index contributed by atoms with van der Waals surface area (Å²) in [5.41, 5.74) is 3.47. The molecular formula is C19H24N4O. The number of nitrogens with one attached hydrogen (secondary N) is 1. The molecule has 1 aromatic carbocycles. The van der Waals surface area contributed by atoms with E-state index < -0.39 is 0 Å². The van der Waals surface area contributed by atoms with Crippen molar-refractivity contribution in [3.05, 3.63) is 59.9 Å². The molecule has 1 aliphatic rings. The Morgan fingerprint density at radius 1 is 1.12 bits per heavy atom. The second-order valence-electron chi connectivity index (χ2n) is 6.13. The number of amides is 1. The number of nitrogens with zero attached hydrogens (tertiary/aromatic N) is 3. The van der Waals surface area contributed by atoms with Crippen LogP contribution >= 0.6 is 0 Å². The first-order valence-electron chi connectivity index (χ1n) is 8.42. The summed E-state index contributed by atoms with van der Waals surface area (Å²) >= 11 is 0. The molecule has 126 valence electrons. The number of benzene rings is 1. The van der Waals surface area contributed by atoms with E-state index in [1.165, 1.54) is 11.3 Å². The number of piperazine rings is 1. The summed E-state index contributed by atoms with van der Waals surface area (Å²) in [6.07, 6.45) is 1.77. The van der Waals surface area contributed by atoms with Crippen molar-refractivity contribution in [2.45, 2.75) is 13.5 Å². The molecule has 3 rings (SSSR count). The third-order valence-corrected chi connectivity index (χ3v) is 4.31. The van der Waals surface area contributed by atoms with Crippen molar-refractivity contribution in [1.29, 1.82) is 0 Å². The van der Waals surface area contributed by atoms with Crippen LogP contribution in [-0.4, -0.2) is 48.5 Å². The largest absolute Gasteiger partial charge is 0.368 e.